The molecule has 0 aromatic heterocycles. The number of esters is 1. The van der Waals surface area contributed by atoms with Crippen LogP contribution in [0.1, 0.15) is 45.3 Å². The van der Waals surface area contributed by atoms with Gasteiger partial charge in [0.25, 0.3) is 0 Å². The second kappa shape index (κ2) is 10.5. The molecule has 4 bridgehead atoms. The summed E-state index contributed by atoms with van der Waals surface area (Å²) < 4.78 is 25.7. The number of benzene rings is 1. The summed E-state index contributed by atoms with van der Waals surface area (Å²) in [6.45, 7) is 10.5. The van der Waals surface area contributed by atoms with Gasteiger partial charge in [-0.05, 0) is 30.9 Å². The van der Waals surface area contributed by atoms with Gasteiger partial charge in [0.2, 0.25) is 0 Å². The van der Waals surface area contributed by atoms with E-state index >= 15 is 0 Å². The van der Waals surface area contributed by atoms with Crippen molar-refractivity contribution in [1.82, 2.24) is 0 Å². The van der Waals surface area contributed by atoms with E-state index in [1.165, 1.54) is 0 Å². The maximum atomic E-state index is 13.1. The van der Waals surface area contributed by atoms with E-state index in [1.807, 2.05) is 37.3 Å². The zero-order valence-electron chi connectivity index (χ0n) is 23.7. The molecular weight excluding hydrogens is 504 g/mol. The fraction of sp³-hybridized carbons (Fsp3) is 0.500. The predicted molar refractivity (Wildman–Crippen MR) is 152 cm³/mol. The molecule has 2 fully saturated rings. The van der Waals surface area contributed by atoms with Crippen LogP contribution in [-0.4, -0.2) is 48.2 Å². The van der Waals surface area contributed by atoms with Crippen molar-refractivity contribution >= 4 is 5.97 Å². The fourth-order valence-electron chi connectivity index (χ4n) is 7.87. The normalized spacial score (nSPS) is 43.3. The number of carbonyl (C=O) groups excluding carboxylic acids is 1. The zero-order valence-corrected chi connectivity index (χ0v) is 23.7. The molecule has 1 N–H and O–H groups in total. The number of ether oxygens (including phenoxy) is 4. The average Bonchev–Trinajstić information content (AvgIpc) is 3.56. The van der Waals surface area contributed by atoms with Gasteiger partial charge in [0.1, 0.15) is 35.8 Å². The highest BCUT2D eigenvalue weighted by Crippen LogP contribution is 2.61. The average molecular weight is 545 g/mol. The minimum absolute atomic E-state index is 0.0109. The summed E-state index contributed by atoms with van der Waals surface area (Å²) in [6.07, 6.45) is 11.2. The van der Waals surface area contributed by atoms with E-state index in [1.54, 1.807) is 13.2 Å². The van der Waals surface area contributed by atoms with Crippen molar-refractivity contribution in [3.63, 3.8) is 0 Å². The lowest BCUT2D eigenvalue weighted by molar-refractivity contribution is -0.165. The first-order valence-electron chi connectivity index (χ1n) is 14.5. The molecule has 1 saturated heterocycles. The summed E-state index contributed by atoms with van der Waals surface area (Å²) in [5.74, 6) is -0.353. The Morgan fingerprint density at radius 1 is 1.18 bits per heavy atom. The van der Waals surface area contributed by atoms with Crippen LogP contribution in [0.15, 0.2) is 90.3 Å². The van der Waals surface area contributed by atoms with Gasteiger partial charge >= 0.3 is 5.97 Å². The summed E-state index contributed by atoms with van der Waals surface area (Å²) >= 11 is 0. The highest BCUT2D eigenvalue weighted by Gasteiger charge is 2.69. The third-order valence-corrected chi connectivity index (χ3v) is 9.89. The first-order chi connectivity index (χ1) is 19.3. The summed E-state index contributed by atoms with van der Waals surface area (Å²) in [4.78, 5) is 13.1. The molecule has 6 nitrogen and oxygen atoms in total. The molecule has 6 rings (SSSR count). The maximum Gasteiger partial charge on any atom is 0.334 e. The number of carbonyl (C=O) groups is 1. The second-order valence-corrected chi connectivity index (χ2v) is 12.1. The molecule has 0 unspecified atom stereocenters. The standard InChI is InChI=1S/C34H40O6/c1-19-17-20(2)34-25(18-27(37-5)22(4)38-30(19)23-11-7-6-8-12-23)15-16-26-28(34)29(35)21(3)31(32(26)40-34)39-33(36)24-13-9-10-14-24/h6-13,15-17,19,21,25-32,35H,4,14,18H2,1-3,5H3/b20-17+/t19-,21-,25-,26-,27+,28+,29-,30+,31-,32-,34+/m1/s1. The van der Waals surface area contributed by atoms with Crippen LogP contribution in [0, 0.1) is 29.6 Å². The molecule has 2 aliphatic heterocycles. The molecule has 0 amide bonds. The number of hydrogen-bond donors (Lipinski definition) is 1. The summed E-state index contributed by atoms with van der Waals surface area (Å²) in [5, 5.41) is 11.9. The van der Waals surface area contributed by atoms with E-state index in [-0.39, 0.29) is 53.9 Å². The first-order valence-corrected chi connectivity index (χ1v) is 14.5. The van der Waals surface area contributed by atoms with Gasteiger partial charge in [-0.15, -0.1) is 0 Å². The summed E-state index contributed by atoms with van der Waals surface area (Å²) in [6, 6.07) is 10.2. The second-order valence-electron chi connectivity index (χ2n) is 12.1. The molecule has 1 aromatic carbocycles. The molecule has 11 atom stereocenters. The van der Waals surface area contributed by atoms with Gasteiger partial charge in [0.15, 0.2) is 0 Å². The molecule has 3 aliphatic carbocycles. The number of rotatable bonds is 4. The lowest BCUT2D eigenvalue weighted by Gasteiger charge is -2.49. The van der Waals surface area contributed by atoms with E-state index in [9.17, 15) is 9.90 Å². The van der Waals surface area contributed by atoms with Crippen molar-refractivity contribution < 1.29 is 28.8 Å². The van der Waals surface area contributed by atoms with E-state index < -0.39 is 17.8 Å². The minimum atomic E-state index is -0.767. The van der Waals surface area contributed by atoms with Crippen LogP contribution in [-0.2, 0) is 23.7 Å². The van der Waals surface area contributed by atoms with Crippen molar-refractivity contribution in [2.24, 2.45) is 29.6 Å². The topological polar surface area (TPSA) is 74.2 Å². The summed E-state index contributed by atoms with van der Waals surface area (Å²) in [7, 11) is 1.68. The molecule has 40 heavy (non-hydrogen) atoms. The van der Waals surface area contributed by atoms with Crippen molar-refractivity contribution in [3.05, 3.63) is 95.8 Å². The van der Waals surface area contributed by atoms with Gasteiger partial charge in [0.05, 0.1) is 6.10 Å². The largest absolute Gasteiger partial charge is 0.487 e. The Morgan fingerprint density at radius 2 is 1.95 bits per heavy atom. The van der Waals surface area contributed by atoms with Crippen molar-refractivity contribution in [1.29, 1.82) is 0 Å². The van der Waals surface area contributed by atoms with E-state index in [4.69, 9.17) is 18.9 Å². The van der Waals surface area contributed by atoms with Crippen LogP contribution in [0.4, 0.5) is 0 Å². The van der Waals surface area contributed by atoms with Crippen LogP contribution in [0.5, 0.6) is 0 Å². The Labute approximate surface area is 237 Å². The Kier molecular flexibility index (Phi) is 7.14. The zero-order chi connectivity index (χ0) is 28.2. The predicted octanol–water partition coefficient (Wildman–Crippen LogP) is 5.62. The van der Waals surface area contributed by atoms with Crippen LogP contribution in [0.2, 0.25) is 0 Å². The highest BCUT2D eigenvalue weighted by atomic mass is 16.6. The van der Waals surface area contributed by atoms with Crippen molar-refractivity contribution in [3.8, 4) is 0 Å². The Hall–Kier alpha value is -2.93. The van der Waals surface area contributed by atoms with Gasteiger partial charge in [-0.2, -0.15) is 0 Å². The smallest absolute Gasteiger partial charge is 0.334 e. The number of hydrogen-bond acceptors (Lipinski definition) is 6. The van der Waals surface area contributed by atoms with Crippen LogP contribution in [0.3, 0.4) is 0 Å². The molecule has 1 aromatic rings. The quantitative estimate of drug-likeness (QED) is 0.392. The van der Waals surface area contributed by atoms with Crippen molar-refractivity contribution in [2.45, 2.75) is 69.7 Å². The lowest BCUT2D eigenvalue weighted by Crippen LogP contribution is -2.57. The number of methoxy groups -OCH3 is 1. The third kappa shape index (κ3) is 4.23. The van der Waals surface area contributed by atoms with Gasteiger partial charge in [0, 0.05) is 42.3 Å². The van der Waals surface area contributed by atoms with Gasteiger partial charge in [-0.3, -0.25) is 0 Å². The van der Waals surface area contributed by atoms with Gasteiger partial charge < -0.3 is 24.1 Å². The lowest BCUT2D eigenvalue weighted by atomic mass is 9.57. The van der Waals surface area contributed by atoms with E-state index in [2.05, 4.69) is 50.8 Å². The van der Waals surface area contributed by atoms with E-state index in [0.717, 1.165) is 11.1 Å². The van der Waals surface area contributed by atoms with Crippen molar-refractivity contribution in [2.75, 3.05) is 7.11 Å². The number of aliphatic hydroxyl groups is 1. The summed E-state index contributed by atoms with van der Waals surface area (Å²) in [5.41, 5.74) is 2.00. The molecule has 0 radical (unpaired) electrons. The molecule has 1 saturated carbocycles. The molecule has 2 heterocycles. The van der Waals surface area contributed by atoms with Crippen LogP contribution >= 0.6 is 0 Å². The SMILES string of the molecule is C=C1O[C@H](c2ccccc2)[C@H](C)/C=C(\C)[C@]23O[C@@H]4[C@H](C=C[C@@H]2C[C@@H]1OC)[C@H]3[C@H](O)[C@@H](C)[C@H]4OC(=O)C1=CC=CC1. The van der Waals surface area contributed by atoms with Crippen LogP contribution in [0.25, 0.3) is 0 Å². The Bertz CT molecular complexity index is 1280. The molecular formula is C34H40O6. The molecule has 6 heteroatoms. The maximum absolute atomic E-state index is 13.1. The number of allylic oxidation sites excluding steroid dienone is 3. The first kappa shape index (κ1) is 27.3. The highest BCUT2D eigenvalue weighted by molar-refractivity contribution is 5.90. The molecule has 1 spiro atoms. The molecule has 5 aliphatic rings. The number of aliphatic hydroxyl groups excluding tert-OH is 1. The molecule has 212 valence electrons. The Morgan fingerprint density at radius 3 is 2.65 bits per heavy atom. The minimum Gasteiger partial charge on any atom is -0.487 e. The Balaban J connectivity index is 1.41. The third-order valence-electron chi connectivity index (χ3n) is 9.89. The van der Waals surface area contributed by atoms with E-state index in [0.29, 0.717) is 24.2 Å². The van der Waals surface area contributed by atoms with Gasteiger partial charge in [-0.25, -0.2) is 4.79 Å². The fourth-order valence-corrected chi connectivity index (χ4v) is 7.87. The van der Waals surface area contributed by atoms with Crippen LogP contribution < -0.4 is 0 Å². The monoisotopic (exact) mass is 544 g/mol. The van der Waals surface area contributed by atoms with Gasteiger partial charge in [-0.1, -0.05) is 87.2 Å².